The van der Waals surface area contributed by atoms with E-state index in [4.69, 9.17) is 4.74 Å². The standard InChI is InChI=1S/C26H42N2O3/c1-4-6-9-20(5-2)18-27-24(29)19-28-17-16-26(30)15-8-7-10-23(26)25(28)21-11-13-22(31-3)14-12-21/h11-14,20,23,25,30H,4-10,15-19H2,1-3H3,(H,27,29)/t20-,23-,25-,26-/m0/s1. The Morgan fingerprint density at radius 2 is 2.03 bits per heavy atom. The van der Waals surface area contributed by atoms with Crippen LogP contribution in [0.5, 0.6) is 5.75 Å². The lowest BCUT2D eigenvalue weighted by Crippen LogP contribution is -2.56. The molecule has 5 heteroatoms. The van der Waals surface area contributed by atoms with E-state index < -0.39 is 5.60 Å². The maximum absolute atomic E-state index is 12.9. The summed E-state index contributed by atoms with van der Waals surface area (Å²) in [6, 6.07) is 8.25. The Bertz CT molecular complexity index is 692. The lowest BCUT2D eigenvalue weighted by atomic mass is 9.66. The Kier molecular flexibility index (Phi) is 8.79. The number of aliphatic hydroxyl groups is 1. The van der Waals surface area contributed by atoms with Crippen molar-refractivity contribution in [3.63, 3.8) is 0 Å². The molecule has 3 rings (SSSR count). The fraction of sp³-hybridized carbons (Fsp3) is 0.731. The molecule has 174 valence electrons. The van der Waals surface area contributed by atoms with Crippen LogP contribution in [-0.4, -0.2) is 48.3 Å². The van der Waals surface area contributed by atoms with Gasteiger partial charge in [0.2, 0.25) is 5.91 Å². The summed E-state index contributed by atoms with van der Waals surface area (Å²) in [5.41, 5.74) is 0.566. The molecular weight excluding hydrogens is 388 g/mol. The van der Waals surface area contributed by atoms with Crippen molar-refractivity contribution in [2.45, 2.75) is 83.3 Å². The number of ether oxygens (including phenoxy) is 1. The van der Waals surface area contributed by atoms with E-state index in [1.54, 1.807) is 7.11 Å². The molecule has 4 atom stereocenters. The molecule has 0 bridgehead atoms. The highest BCUT2D eigenvalue weighted by molar-refractivity contribution is 5.78. The third-order valence-corrected chi connectivity index (χ3v) is 7.61. The molecule has 1 aromatic carbocycles. The Morgan fingerprint density at radius 1 is 1.26 bits per heavy atom. The van der Waals surface area contributed by atoms with Crippen molar-refractivity contribution in [2.24, 2.45) is 11.8 Å². The van der Waals surface area contributed by atoms with E-state index in [-0.39, 0.29) is 17.9 Å². The Hall–Kier alpha value is -1.59. The minimum atomic E-state index is -0.608. The van der Waals surface area contributed by atoms with Gasteiger partial charge in [0.05, 0.1) is 19.3 Å². The second-order valence-corrected chi connectivity index (χ2v) is 9.61. The predicted octanol–water partition coefficient (Wildman–Crippen LogP) is 4.70. The summed E-state index contributed by atoms with van der Waals surface area (Å²) in [5.74, 6) is 1.67. The monoisotopic (exact) mass is 430 g/mol. The van der Waals surface area contributed by atoms with Crippen LogP contribution in [0.2, 0.25) is 0 Å². The number of fused-ring (bicyclic) bond motifs is 1. The SMILES string of the molecule is CCCC[C@H](CC)CNC(=O)CN1CC[C@@]2(O)CCCC[C@H]2[C@@H]1c1ccc(OC)cc1. The molecule has 0 radical (unpaired) electrons. The van der Waals surface area contributed by atoms with Crippen molar-refractivity contribution in [2.75, 3.05) is 26.7 Å². The number of hydrogen-bond donors (Lipinski definition) is 2. The molecule has 2 N–H and O–H groups in total. The second-order valence-electron chi connectivity index (χ2n) is 9.61. The average Bonchev–Trinajstić information content (AvgIpc) is 2.79. The smallest absolute Gasteiger partial charge is 0.234 e. The van der Waals surface area contributed by atoms with Gasteiger partial charge in [-0.25, -0.2) is 0 Å². The highest BCUT2D eigenvalue weighted by Gasteiger charge is 2.49. The fourth-order valence-corrected chi connectivity index (χ4v) is 5.61. The molecule has 5 nitrogen and oxygen atoms in total. The Morgan fingerprint density at radius 3 is 2.71 bits per heavy atom. The van der Waals surface area contributed by atoms with Gasteiger partial charge in [-0.2, -0.15) is 0 Å². The largest absolute Gasteiger partial charge is 0.497 e. The first-order chi connectivity index (χ1) is 15.0. The highest BCUT2D eigenvalue weighted by Crippen LogP contribution is 2.49. The van der Waals surface area contributed by atoms with Gasteiger partial charge in [0, 0.05) is 25.0 Å². The molecule has 1 heterocycles. The molecule has 2 fully saturated rings. The number of unbranched alkanes of at least 4 members (excludes halogenated alkanes) is 1. The first-order valence-corrected chi connectivity index (χ1v) is 12.4. The molecule has 1 aliphatic heterocycles. The van der Waals surface area contributed by atoms with Gasteiger partial charge >= 0.3 is 0 Å². The van der Waals surface area contributed by atoms with E-state index in [0.717, 1.165) is 57.4 Å². The highest BCUT2D eigenvalue weighted by atomic mass is 16.5. The third-order valence-electron chi connectivity index (χ3n) is 7.61. The molecule has 1 aromatic rings. The van der Waals surface area contributed by atoms with Crippen LogP contribution in [0.4, 0.5) is 0 Å². The molecule has 0 aromatic heterocycles. The fourth-order valence-electron chi connectivity index (χ4n) is 5.61. The van der Waals surface area contributed by atoms with Crippen LogP contribution in [-0.2, 0) is 4.79 Å². The minimum Gasteiger partial charge on any atom is -0.497 e. The maximum Gasteiger partial charge on any atom is 0.234 e. The molecule has 1 saturated carbocycles. The van der Waals surface area contributed by atoms with E-state index >= 15 is 0 Å². The molecule has 2 aliphatic rings. The van der Waals surface area contributed by atoms with E-state index in [0.29, 0.717) is 12.5 Å². The van der Waals surface area contributed by atoms with Gasteiger partial charge in [-0.1, -0.05) is 58.1 Å². The van der Waals surface area contributed by atoms with Crippen LogP contribution in [0.1, 0.15) is 83.2 Å². The van der Waals surface area contributed by atoms with Gasteiger partial charge in [-0.15, -0.1) is 0 Å². The van der Waals surface area contributed by atoms with Gasteiger partial charge in [-0.3, -0.25) is 9.69 Å². The van der Waals surface area contributed by atoms with Crippen molar-refractivity contribution < 1.29 is 14.6 Å². The number of hydrogen-bond acceptors (Lipinski definition) is 4. The number of benzene rings is 1. The zero-order chi connectivity index (χ0) is 22.3. The Labute approximate surface area is 188 Å². The number of amides is 1. The molecule has 0 spiro atoms. The second kappa shape index (κ2) is 11.3. The molecular formula is C26H42N2O3. The first kappa shape index (κ1) is 24.1. The number of carbonyl (C=O) groups excluding carboxylic acids is 1. The Balaban J connectivity index is 1.71. The van der Waals surface area contributed by atoms with Crippen LogP contribution >= 0.6 is 0 Å². The number of likely N-dealkylation sites (tertiary alicyclic amines) is 1. The summed E-state index contributed by atoms with van der Waals surface area (Å²) in [7, 11) is 1.68. The van der Waals surface area contributed by atoms with Crippen LogP contribution in [0, 0.1) is 11.8 Å². The first-order valence-electron chi connectivity index (χ1n) is 12.4. The van der Waals surface area contributed by atoms with Crippen LogP contribution in [0.25, 0.3) is 0 Å². The number of rotatable bonds is 10. The van der Waals surface area contributed by atoms with Gasteiger partial charge in [0.1, 0.15) is 5.75 Å². The molecule has 0 unspecified atom stereocenters. The van der Waals surface area contributed by atoms with Crippen molar-refractivity contribution in [3.8, 4) is 5.75 Å². The van der Waals surface area contributed by atoms with Gasteiger partial charge in [0.25, 0.3) is 0 Å². The van der Waals surface area contributed by atoms with Gasteiger partial charge in [0.15, 0.2) is 0 Å². The average molecular weight is 431 g/mol. The van der Waals surface area contributed by atoms with Crippen molar-refractivity contribution in [3.05, 3.63) is 29.8 Å². The quantitative estimate of drug-likeness (QED) is 0.565. The van der Waals surface area contributed by atoms with E-state index in [1.165, 1.54) is 24.8 Å². The predicted molar refractivity (Wildman–Crippen MR) is 125 cm³/mol. The van der Waals surface area contributed by atoms with Crippen LogP contribution < -0.4 is 10.1 Å². The minimum absolute atomic E-state index is 0.0674. The summed E-state index contributed by atoms with van der Waals surface area (Å²) in [6.07, 6.45) is 9.60. The van der Waals surface area contributed by atoms with E-state index in [2.05, 4.69) is 36.2 Å². The number of carbonyl (C=O) groups is 1. The molecule has 1 aliphatic carbocycles. The molecule has 1 amide bonds. The van der Waals surface area contributed by atoms with Gasteiger partial charge in [-0.05, 0) is 49.3 Å². The van der Waals surface area contributed by atoms with Crippen LogP contribution in [0.15, 0.2) is 24.3 Å². The van der Waals surface area contributed by atoms with Crippen molar-refractivity contribution in [1.82, 2.24) is 10.2 Å². The summed E-state index contributed by atoms with van der Waals surface area (Å²) in [5, 5.41) is 14.6. The van der Waals surface area contributed by atoms with E-state index in [9.17, 15) is 9.90 Å². The lowest BCUT2D eigenvalue weighted by molar-refractivity contribution is -0.138. The number of piperidine rings is 1. The van der Waals surface area contributed by atoms with Crippen molar-refractivity contribution in [1.29, 1.82) is 0 Å². The summed E-state index contributed by atoms with van der Waals surface area (Å²) < 4.78 is 5.34. The number of methoxy groups -OCH3 is 1. The normalized spacial score (nSPS) is 27.4. The van der Waals surface area contributed by atoms with Crippen molar-refractivity contribution >= 4 is 5.91 Å². The zero-order valence-electron chi connectivity index (χ0n) is 19.7. The topological polar surface area (TPSA) is 61.8 Å². The van der Waals surface area contributed by atoms with Gasteiger partial charge < -0.3 is 15.2 Å². The number of nitrogens with zero attached hydrogens (tertiary/aromatic N) is 1. The van der Waals surface area contributed by atoms with E-state index in [1.807, 2.05) is 12.1 Å². The lowest BCUT2D eigenvalue weighted by Gasteiger charge is -2.52. The zero-order valence-corrected chi connectivity index (χ0v) is 19.7. The maximum atomic E-state index is 12.9. The summed E-state index contributed by atoms with van der Waals surface area (Å²) in [6.45, 7) is 6.34. The van der Waals surface area contributed by atoms with Crippen LogP contribution in [0.3, 0.4) is 0 Å². The molecule has 31 heavy (non-hydrogen) atoms. The number of nitrogens with one attached hydrogen (secondary N) is 1. The third kappa shape index (κ3) is 6.01. The molecule has 1 saturated heterocycles. The summed E-state index contributed by atoms with van der Waals surface area (Å²) >= 11 is 0. The summed E-state index contributed by atoms with van der Waals surface area (Å²) in [4.78, 5) is 15.2.